The van der Waals surface area contributed by atoms with E-state index in [2.05, 4.69) is 17.1 Å². The van der Waals surface area contributed by atoms with Crippen LogP contribution in [-0.2, 0) is 4.79 Å². The van der Waals surface area contributed by atoms with Gasteiger partial charge in [-0.15, -0.1) is 10.2 Å². The highest BCUT2D eigenvalue weighted by atomic mass is 32.2. The van der Waals surface area contributed by atoms with Crippen LogP contribution in [0.25, 0.3) is 5.69 Å². The number of benzene rings is 1. The summed E-state index contributed by atoms with van der Waals surface area (Å²) >= 11 is 1.45. The van der Waals surface area contributed by atoms with Crippen LogP contribution in [0.15, 0.2) is 35.7 Å². The van der Waals surface area contributed by atoms with Gasteiger partial charge in [0.2, 0.25) is 5.91 Å². The highest BCUT2D eigenvalue weighted by molar-refractivity contribution is 8.00. The number of thioether (sulfide) groups is 1. The van der Waals surface area contributed by atoms with Gasteiger partial charge in [-0.25, -0.2) is 0 Å². The van der Waals surface area contributed by atoms with Crippen LogP contribution in [0.4, 0.5) is 0 Å². The summed E-state index contributed by atoms with van der Waals surface area (Å²) in [5, 5.41) is 8.72. The third-order valence-electron chi connectivity index (χ3n) is 4.57. The molecule has 2 aromatic rings. The predicted molar refractivity (Wildman–Crippen MR) is 98.2 cm³/mol. The molecule has 0 radical (unpaired) electrons. The van der Waals surface area contributed by atoms with Crippen molar-refractivity contribution in [2.75, 3.05) is 20.2 Å². The molecule has 25 heavy (non-hydrogen) atoms. The number of nitrogens with zero attached hydrogens (tertiary/aromatic N) is 4. The molecule has 1 amide bonds. The fraction of sp³-hybridized carbons (Fsp3) is 0.500. The number of carbonyl (C=O) groups is 1. The predicted octanol–water partition coefficient (Wildman–Crippen LogP) is 3.02. The minimum atomic E-state index is -0.193. The van der Waals surface area contributed by atoms with Gasteiger partial charge in [0.25, 0.3) is 0 Å². The van der Waals surface area contributed by atoms with E-state index in [4.69, 9.17) is 4.74 Å². The molecular formula is C18H24N4O2S. The first-order valence-corrected chi connectivity index (χ1v) is 9.46. The Bertz CT molecular complexity index is 725. The monoisotopic (exact) mass is 360 g/mol. The minimum absolute atomic E-state index is 0.178. The van der Waals surface area contributed by atoms with Crippen LogP contribution in [0.5, 0.6) is 5.75 Å². The van der Waals surface area contributed by atoms with E-state index < -0.39 is 0 Å². The number of likely N-dealkylation sites (tertiary alicyclic amines) is 1. The molecule has 1 aromatic heterocycles. The molecule has 2 heterocycles. The van der Waals surface area contributed by atoms with E-state index in [1.54, 1.807) is 13.4 Å². The molecule has 0 aliphatic carbocycles. The van der Waals surface area contributed by atoms with Gasteiger partial charge in [-0.05, 0) is 37.8 Å². The Morgan fingerprint density at radius 3 is 2.84 bits per heavy atom. The molecule has 1 atom stereocenters. The maximum Gasteiger partial charge on any atom is 0.235 e. The van der Waals surface area contributed by atoms with Gasteiger partial charge in [-0.3, -0.25) is 9.36 Å². The van der Waals surface area contributed by atoms with Crippen LogP contribution in [0.1, 0.15) is 26.7 Å². The molecule has 0 N–H and O–H groups in total. The zero-order chi connectivity index (χ0) is 17.8. The highest BCUT2D eigenvalue weighted by Gasteiger charge is 2.26. The minimum Gasteiger partial charge on any atom is -0.497 e. The number of aromatic nitrogens is 3. The van der Waals surface area contributed by atoms with Gasteiger partial charge in [-0.2, -0.15) is 0 Å². The van der Waals surface area contributed by atoms with Crippen molar-refractivity contribution in [3.63, 3.8) is 0 Å². The Kier molecular flexibility index (Phi) is 5.63. The molecule has 1 aliphatic rings. The first kappa shape index (κ1) is 17.8. The molecule has 1 saturated heterocycles. The van der Waals surface area contributed by atoms with Crippen molar-refractivity contribution < 1.29 is 9.53 Å². The fourth-order valence-electron chi connectivity index (χ4n) is 2.94. The van der Waals surface area contributed by atoms with Gasteiger partial charge in [0.1, 0.15) is 12.1 Å². The third-order valence-corrected chi connectivity index (χ3v) is 5.62. The van der Waals surface area contributed by atoms with E-state index in [-0.39, 0.29) is 11.2 Å². The molecule has 0 spiro atoms. The average molecular weight is 360 g/mol. The maximum absolute atomic E-state index is 12.7. The lowest BCUT2D eigenvalue weighted by Crippen LogP contribution is -2.41. The molecule has 7 heteroatoms. The van der Waals surface area contributed by atoms with Crippen molar-refractivity contribution >= 4 is 17.7 Å². The number of hydrogen-bond donors (Lipinski definition) is 0. The Morgan fingerprint density at radius 1 is 1.36 bits per heavy atom. The Morgan fingerprint density at radius 2 is 2.12 bits per heavy atom. The molecule has 0 bridgehead atoms. The first-order chi connectivity index (χ1) is 12.1. The molecule has 0 saturated carbocycles. The van der Waals surface area contributed by atoms with Crippen molar-refractivity contribution in [2.45, 2.75) is 37.1 Å². The zero-order valence-corrected chi connectivity index (χ0v) is 15.7. The lowest BCUT2D eigenvalue weighted by molar-refractivity contribution is -0.131. The average Bonchev–Trinajstić information content (AvgIpc) is 3.10. The van der Waals surface area contributed by atoms with Gasteiger partial charge < -0.3 is 9.64 Å². The Balaban J connectivity index is 1.71. The first-order valence-electron chi connectivity index (χ1n) is 8.58. The zero-order valence-electron chi connectivity index (χ0n) is 14.9. The summed E-state index contributed by atoms with van der Waals surface area (Å²) in [6.45, 7) is 5.90. The van der Waals surface area contributed by atoms with Gasteiger partial charge in [0.05, 0.1) is 18.0 Å². The van der Waals surface area contributed by atoms with Gasteiger partial charge in [-0.1, -0.05) is 24.8 Å². The standard InChI is InChI=1S/C18H24N4O2S/c1-13-7-9-21(10-8-13)17(23)14(2)25-18-20-19-12-22(18)15-5-4-6-16(11-15)24-3/h4-6,11-14H,7-10H2,1-3H3. The normalized spacial score (nSPS) is 16.7. The smallest absolute Gasteiger partial charge is 0.235 e. The molecule has 1 unspecified atom stereocenters. The molecule has 134 valence electrons. The fourth-order valence-corrected chi connectivity index (χ4v) is 3.86. The summed E-state index contributed by atoms with van der Waals surface area (Å²) in [5.41, 5.74) is 0.915. The lowest BCUT2D eigenvalue weighted by atomic mass is 9.99. The number of rotatable bonds is 5. The topological polar surface area (TPSA) is 60.2 Å². The number of amides is 1. The van der Waals surface area contributed by atoms with Gasteiger partial charge in [0.15, 0.2) is 5.16 Å². The van der Waals surface area contributed by atoms with Crippen molar-refractivity contribution in [2.24, 2.45) is 5.92 Å². The number of piperidine rings is 1. The summed E-state index contributed by atoms with van der Waals surface area (Å²) in [6, 6.07) is 7.71. The van der Waals surface area contributed by atoms with E-state index in [1.807, 2.05) is 40.7 Å². The number of carbonyl (C=O) groups excluding carboxylic acids is 1. The molecule has 1 fully saturated rings. The quantitative estimate of drug-likeness (QED) is 0.767. The van der Waals surface area contributed by atoms with E-state index in [0.29, 0.717) is 11.1 Å². The van der Waals surface area contributed by atoms with Crippen LogP contribution in [0, 0.1) is 5.92 Å². The van der Waals surface area contributed by atoms with E-state index in [9.17, 15) is 4.79 Å². The van der Waals surface area contributed by atoms with Crippen LogP contribution in [-0.4, -0.2) is 51.0 Å². The Labute approximate surface area is 152 Å². The maximum atomic E-state index is 12.7. The van der Waals surface area contributed by atoms with Gasteiger partial charge >= 0.3 is 0 Å². The highest BCUT2D eigenvalue weighted by Crippen LogP contribution is 2.27. The second-order valence-electron chi connectivity index (χ2n) is 6.45. The van der Waals surface area contributed by atoms with Crippen LogP contribution in [0.2, 0.25) is 0 Å². The number of ether oxygens (including phenoxy) is 1. The van der Waals surface area contributed by atoms with Crippen molar-refractivity contribution in [3.8, 4) is 11.4 Å². The van der Waals surface area contributed by atoms with Gasteiger partial charge in [0, 0.05) is 19.2 Å². The van der Waals surface area contributed by atoms with E-state index in [0.717, 1.165) is 37.4 Å². The van der Waals surface area contributed by atoms with Crippen LogP contribution < -0.4 is 4.74 Å². The lowest BCUT2D eigenvalue weighted by Gasteiger charge is -2.31. The largest absolute Gasteiger partial charge is 0.497 e. The number of methoxy groups -OCH3 is 1. The second kappa shape index (κ2) is 7.91. The SMILES string of the molecule is COc1cccc(-n2cnnc2SC(C)C(=O)N2CCC(C)CC2)c1. The summed E-state index contributed by atoms with van der Waals surface area (Å²) < 4.78 is 7.16. The number of hydrogen-bond acceptors (Lipinski definition) is 5. The molecule has 3 rings (SSSR count). The molecule has 1 aromatic carbocycles. The molecule has 6 nitrogen and oxygen atoms in total. The van der Waals surface area contributed by atoms with Crippen molar-refractivity contribution in [1.29, 1.82) is 0 Å². The molecular weight excluding hydrogens is 336 g/mol. The van der Waals surface area contributed by atoms with Crippen molar-refractivity contribution in [3.05, 3.63) is 30.6 Å². The van der Waals surface area contributed by atoms with Crippen LogP contribution in [0.3, 0.4) is 0 Å². The summed E-state index contributed by atoms with van der Waals surface area (Å²) in [7, 11) is 1.64. The Hall–Kier alpha value is -2.02. The van der Waals surface area contributed by atoms with Crippen LogP contribution >= 0.6 is 11.8 Å². The summed E-state index contributed by atoms with van der Waals surface area (Å²) in [5.74, 6) is 1.66. The summed E-state index contributed by atoms with van der Waals surface area (Å²) in [6.07, 6.45) is 3.84. The van der Waals surface area contributed by atoms with Crippen molar-refractivity contribution in [1.82, 2.24) is 19.7 Å². The second-order valence-corrected chi connectivity index (χ2v) is 7.76. The third kappa shape index (κ3) is 4.15. The van der Waals surface area contributed by atoms with E-state index >= 15 is 0 Å². The summed E-state index contributed by atoms with van der Waals surface area (Å²) in [4.78, 5) is 14.7. The molecule has 1 aliphatic heterocycles. The van der Waals surface area contributed by atoms with E-state index in [1.165, 1.54) is 11.8 Å².